The third kappa shape index (κ3) is 4.27. The number of nitrogens with zero attached hydrogens (tertiary/aromatic N) is 1. The standard InChI is InChI=1S/C28H30N2.2C2H6/c1-6-18(3)21-11-8-12-22-23-15-17(2)13-14-24(23)30-25(16-29-28(30)27(21)22)26-19(4)9-7-10-20(26)5;2*1-2/h7-16,18,28-29H,6H2,1-5H3;2*1-2H3. The van der Waals surface area contributed by atoms with E-state index in [9.17, 15) is 0 Å². The molecule has 0 fully saturated rings. The van der Waals surface area contributed by atoms with Crippen LogP contribution < -0.4 is 10.2 Å². The smallest absolute Gasteiger partial charge is 0.131 e. The Bertz CT molecular complexity index is 1150. The minimum absolute atomic E-state index is 0.134. The van der Waals surface area contributed by atoms with Crippen LogP contribution in [0.4, 0.5) is 5.69 Å². The number of benzene rings is 3. The number of rotatable bonds is 3. The topological polar surface area (TPSA) is 15.3 Å². The Morgan fingerprint density at radius 1 is 0.853 bits per heavy atom. The molecule has 2 atom stereocenters. The second kappa shape index (κ2) is 11.0. The third-order valence-electron chi connectivity index (χ3n) is 6.89. The minimum atomic E-state index is 0.134. The van der Waals surface area contributed by atoms with Gasteiger partial charge in [0.15, 0.2) is 0 Å². The summed E-state index contributed by atoms with van der Waals surface area (Å²) in [5.41, 5.74) is 13.4. The lowest BCUT2D eigenvalue weighted by molar-refractivity contribution is 0.635. The molecule has 2 aliphatic heterocycles. The summed E-state index contributed by atoms with van der Waals surface area (Å²) in [6, 6.07) is 20.3. The Labute approximate surface area is 207 Å². The van der Waals surface area contributed by atoms with E-state index in [0.29, 0.717) is 5.92 Å². The maximum atomic E-state index is 3.76. The van der Waals surface area contributed by atoms with E-state index in [1.54, 1.807) is 0 Å². The zero-order valence-electron chi connectivity index (χ0n) is 22.6. The molecule has 2 unspecified atom stereocenters. The summed E-state index contributed by atoms with van der Waals surface area (Å²) in [5, 5.41) is 3.76. The van der Waals surface area contributed by atoms with Gasteiger partial charge in [-0.1, -0.05) is 89.6 Å². The average Bonchev–Trinajstić information content (AvgIpc) is 3.30. The molecule has 0 aromatic heterocycles. The van der Waals surface area contributed by atoms with E-state index in [-0.39, 0.29) is 6.17 Å². The SMILES string of the molecule is CC.CC.CCC(C)c1cccc2c1C1NC=C(c3c(C)cccc3C)N1c1ccc(C)cc1-2. The Hall–Kier alpha value is -3.00. The molecule has 3 aromatic carbocycles. The van der Waals surface area contributed by atoms with E-state index in [1.807, 2.05) is 27.7 Å². The molecule has 0 bridgehead atoms. The number of hydrogen-bond acceptors (Lipinski definition) is 2. The van der Waals surface area contributed by atoms with Crippen molar-refractivity contribution < 1.29 is 0 Å². The number of anilines is 1. The molecule has 2 nitrogen and oxygen atoms in total. The van der Waals surface area contributed by atoms with E-state index >= 15 is 0 Å². The molecule has 34 heavy (non-hydrogen) atoms. The van der Waals surface area contributed by atoms with Crippen molar-refractivity contribution in [1.29, 1.82) is 0 Å². The van der Waals surface area contributed by atoms with Gasteiger partial charge in [-0.15, -0.1) is 0 Å². The van der Waals surface area contributed by atoms with Crippen molar-refractivity contribution >= 4 is 11.4 Å². The molecule has 5 rings (SSSR count). The predicted molar refractivity (Wildman–Crippen MR) is 150 cm³/mol. The Balaban J connectivity index is 0.000000771. The first-order chi connectivity index (χ1) is 16.5. The van der Waals surface area contributed by atoms with E-state index in [4.69, 9.17) is 0 Å². The van der Waals surface area contributed by atoms with Gasteiger partial charge in [0.2, 0.25) is 0 Å². The summed E-state index contributed by atoms with van der Waals surface area (Å²) in [5.74, 6) is 0.527. The molecule has 2 heteroatoms. The fourth-order valence-corrected chi connectivity index (χ4v) is 5.18. The number of aryl methyl sites for hydroxylation is 3. The van der Waals surface area contributed by atoms with Crippen LogP contribution in [0.5, 0.6) is 0 Å². The summed E-state index contributed by atoms with van der Waals surface area (Å²) in [4.78, 5) is 2.53. The van der Waals surface area contributed by atoms with E-state index in [0.717, 1.165) is 6.42 Å². The fourth-order valence-electron chi connectivity index (χ4n) is 5.18. The van der Waals surface area contributed by atoms with Gasteiger partial charge in [-0.2, -0.15) is 0 Å². The molecule has 3 aromatic rings. The van der Waals surface area contributed by atoms with Crippen molar-refractivity contribution in [2.45, 2.75) is 80.8 Å². The van der Waals surface area contributed by atoms with Crippen LogP contribution in [-0.4, -0.2) is 0 Å². The summed E-state index contributed by atoms with van der Waals surface area (Å²) in [6.45, 7) is 19.3. The van der Waals surface area contributed by atoms with Crippen LogP contribution in [0, 0.1) is 20.8 Å². The quantitative estimate of drug-likeness (QED) is 0.424. The van der Waals surface area contributed by atoms with Gasteiger partial charge in [-0.3, -0.25) is 0 Å². The second-order valence-electron chi connectivity index (χ2n) is 8.87. The van der Waals surface area contributed by atoms with Crippen LogP contribution >= 0.6 is 0 Å². The van der Waals surface area contributed by atoms with Crippen LogP contribution in [0.25, 0.3) is 16.8 Å². The molecule has 2 heterocycles. The first-order valence-corrected chi connectivity index (χ1v) is 13.1. The van der Waals surface area contributed by atoms with E-state index < -0.39 is 0 Å². The van der Waals surface area contributed by atoms with Gasteiger partial charge >= 0.3 is 0 Å². The largest absolute Gasteiger partial charge is 0.365 e. The number of nitrogens with one attached hydrogen (secondary N) is 1. The first-order valence-electron chi connectivity index (χ1n) is 13.1. The van der Waals surface area contributed by atoms with Gasteiger partial charge < -0.3 is 10.2 Å². The van der Waals surface area contributed by atoms with Gasteiger partial charge in [0, 0.05) is 22.9 Å². The monoisotopic (exact) mass is 454 g/mol. The summed E-state index contributed by atoms with van der Waals surface area (Å²) < 4.78 is 0. The maximum absolute atomic E-state index is 3.76. The van der Waals surface area contributed by atoms with Gasteiger partial charge in [0.05, 0.1) is 11.4 Å². The molecule has 0 radical (unpaired) electrons. The molecule has 0 spiro atoms. The summed E-state index contributed by atoms with van der Waals surface area (Å²) in [6.07, 6.45) is 3.50. The summed E-state index contributed by atoms with van der Waals surface area (Å²) >= 11 is 0. The number of fused-ring (bicyclic) bond motifs is 6. The minimum Gasteiger partial charge on any atom is -0.365 e. The Morgan fingerprint density at radius 2 is 1.50 bits per heavy atom. The van der Waals surface area contributed by atoms with E-state index in [2.05, 4.69) is 106 Å². The van der Waals surface area contributed by atoms with Crippen molar-refractivity contribution in [1.82, 2.24) is 5.32 Å². The lowest BCUT2D eigenvalue weighted by Crippen LogP contribution is -2.33. The Kier molecular flexibility index (Phi) is 8.25. The van der Waals surface area contributed by atoms with Gasteiger partial charge in [-0.25, -0.2) is 0 Å². The van der Waals surface area contributed by atoms with Crippen molar-refractivity contribution in [3.63, 3.8) is 0 Å². The van der Waals surface area contributed by atoms with Gasteiger partial charge in [0.25, 0.3) is 0 Å². The molecule has 0 aliphatic carbocycles. The molecule has 0 saturated carbocycles. The molecule has 2 aliphatic rings. The molecular formula is C32H42N2. The van der Waals surface area contributed by atoms with Crippen LogP contribution in [-0.2, 0) is 0 Å². The number of hydrogen-bond donors (Lipinski definition) is 1. The fraction of sp³-hybridized carbons (Fsp3) is 0.375. The van der Waals surface area contributed by atoms with Crippen LogP contribution in [0.2, 0.25) is 0 Å². The maximum Gasteiger partial charge on any atom is 0.131 e. The first kappa shape index (κ1) is 25.6. The highest BCUT2D eigenvalue weighted by Gasteiger charge is 2.39. The lowest BCUT2D eigenvalue weighted by atomic mass is 9.83. The highest BCUT2D eigenvalue weighted by molar-refractivity contribution is 5.95. The average molecular weight is 455 g/mol. The van der Waals surface area contributed by atoms with Crippen molar-refractivity contribution in [2.75, 3.05) is 4.90 Å². The lowest BCUT2D eigenvalue weighted by Gasteiger charge is -2.39. The molecule has 180 valence electrons. The molecular weight excluding hydrogens is 412 g/mol. The van der Waals surface area contributed by atoms with Crippen molar-refractivity contribution in [3.8, 4) is 11.1 Å². The van der Waals surface area contributed by atoms with Crippen LogP contribution in [0.3, 0.4) is 0 Å². The van der Waals surface area contributed by atoms with Gasteiger partial charge in [0.1, 0.15) is 6.17 Å². The predicted octanol–water partition coefficient (Wildman–Crippen LogP) is 9.27. The molecule has 0 amide bonds. The summed E-state index contributed by atoms with van der Waals surface area (Å²) in [7, 11) is 0. The van der Waals surface area contributed by atoms with Crippen molar-refractivity contribution in [3.05, 3.63) is 94.2 Å². The zero-order chi connectivity index (χ0) is 25.0. The highest BCUT2D eigenvalue weighted by Crippen LogP contribution is 2.52. The second-order valence-corrected chi connectivity index (χ2v) is 8.87. The highest BCUT2D eigenvalue weighted by atomic mass is 15.3. The normalized spacial score (nSPS) is 15.9. The van der Waals surface area contributed by atoms with Crippen molar-refractivity contribution in [2.24, 2.45) is 0 Å². The van der Waals surface area contributed by atoms with Crippen LogP contribution in [0.1, 0.15) is 93.4 Å². The molecule has 0 saturated heterocycles. The van der Waals surface area contributed by atoms with E-state index in [1.165, 1.54) is 55.9 Å². The third-order valence-corrected chi connectivity index (χ3v) is 6.89. The van der Waals surface area contributed by atoms with Gasteiger partial charge in [-0.05, 0) is 67.5 Å². The van der Waals surface area contributed by atoms with Crippen LogP contribution in [0.15, 0.2) is 60.8 Å². The molecule has 1 N–H and O–H groups in total. The Morgan fingerprint density at radius 3 is 2.15 bits per heavy atom. The zero-order valence-corrected chi connectivity index (χ0v) is 22.6.